The van der Waals surface area contributed by atoms with Gasteiger partial charge >= 0.3 is 0 Å². The molecule has 29 heavy (non-hydrogen) atoms. The van der Waals surface area contributed by atoms with E-state index in [-0.39, 0.29) is 12.2 Å². The predicted octanol–water partition coefficient (Wildman–Crippen LogP) is 3.88. The van der Waals surface area contributed by atoms with Crippen LogP contribution in [0.3, 0.4) is 0 Å². The maximum absolute atomic E-state index is 6.07. The second-order valence-electron chi connectivity index (χ2n) is 7.96. The van der Waals surface area contributed by atoms with Gasteiger partial charge in [0.1, 0.15) is 17.8 Å². The largest absolute Gasteiger partial charge is 0.474 e. The smallest absolute Gasteiger partial charge is 0.213 e. The molecule has 1 saturated carbocycles. The van der Waals surface area contributed by atoms with Crippen LogP contribution in [-0.2, 0) is 17.6 Å². The molecule has 1 aliphatic heterocycles. The van der Waals surface area contributed by atoms with Gasteiger partial charge in [-0.1, -0.05) is 24.3 Å². The highest BCUT2D eigenvalue weighted by atomic mass is 16.5. The van der Waals surface area contributed by atoms with Crippen LogP contribution in [0.2, 0.25) is 0 Å². The van der Waals surface area contributed by atoms with E-state index in [1.54, 1.807) is 13.3 Å². The van der Waals surface area contributed by atoms with Gasteiger partial charge in [-0.2, -0.15) is 0 Å². The molecule has 3 aromatic rings. The van der Waals surface area contributed by atoms with Gasteiger partial charge in [0, 0.05) is 38.1 Å². The molecule has 0 amide bonds. The molecule has 0 spiro atoms. The molecule has 0 saturated heterocycles. The maximum atomic E-state index is 6.07. The topological polar surface area (TPSA) is 62.1 Å². The summed E-state index contributed by atoms with van der Waals surface area (Å²) >= 11 is 0. The third-order valence-electron chi connectivity index (χ3n) is 6.14. The van der Waals surface area contributed by atoms with Gasteiger partial charge in [-0.05, 0) is 43.4 Å². The number of pyridine rings is 1. The normalized spacial score (nSPS) is 23.7. The Morgan fingerprint density at radius 1 is 0.897 bits per heavy atom. The minimum atomic E-state index is 0.136. The van der Waals surface area contributed by atoms with E-state index in [9.17, 15) is 0 Å². The van der Waals surface area contributed by atoms with Gasteiger partial charge in [0.05, 0.1) is 11.8 Å². The van der Waals surface area contributed by atoms with Crippen molar-refractivity contribution in [2.24, 2.45) is 0 Å². The van der Waals surface area contributed by atoms with Crippen molar-refractivity contribution in [2.75, 3.05) is 7.11 Å². The van der Waals surface area contributed by atoms with Gasteiger partial charge in [0.15, 0.2) is 0 Å². The average molecular weight is 390 g/mol. The zero-order valence-electron chi connectivity index (χ0n) is 16.7. The minimum absolute atomic E-state index is 0.136. The lowest BCUT2D eigenvalue weighted by molar-refractivity contribution is 0.103. The SMILES string of the molecule is COC1Cc2ccccc2-n2c(nnc2[C@H]2CC[C@H](Oc3ccccn3)CC2)C1. The second kappa shape index (κ2) is 7.95. The van der Waals surface area contributed by atoms with Crippen molar-refractivity contribution in [1.29, 1.82) is 0 Å². The van der Waals surface area contributed by atoms with E-state index in [4.69, 9.17) is 9.47 Å². The highest BCUT2D eigenvalue weighted by Crippen LogP contribution is 2.36. The van der Waals surface area contributed by atoms with Crippen LogP contribution in [0.25, 0.3) is 5.69 Å². The first kappa shape index (κ1) is 18.3. The fraction of sp³-hybridized carbons (Fsp3) is 0.435. The Hall–Kier alpha value is -2.73. The third-order valence-corrected chi connectivity index (χ3v) is 6.14. The second-order valence-corrected chi connectivity index (χ2v) is 7.96. The van der Waals surface area contributed by atoms with Gasteiger partial charge in [-0.25, -0.2) is 4.98 Å². The molecule has 6 nitrogen and oxygen atoms in total. The van der Waals surface area contributed by atoms with Crippen molar-refractivity contribution in [2.45, 2.75) is 56.7 Å². The Morgan fingerprint density at radius 2 is 1.72 bits per heavy atom. The van der Waals surface area contributed by atoms with Gasteiger partial charge in [0.25, 0.3) is 0 Å². The average Bonchev–Trinajstić information content (AvgIpc) is 3.10. The van der Waals surface area contributed by atoms with E-state index in [1.807, 2.05) is 18.2 Å². The molecule has 2 aromatic heterocycles. The number of nitrogens with zero attached hydrogens (tertiary/aromatic N) is 4. The van der Waals surface area contributed by atoms with Crippen molar-refractivity contribution < 1.29 is 9.47 Å². The molecule has 3 heterocycles. The van der Waals surface area contributed by atoms with Crippen LogP contribution in [0.4, 0.5) is 0 Å². The first-order valence-corrected chi connectivity index (χ1v) is 10.4. The van der Waals surface area contributed by atoms with Crippen LogP contribution in [0, 0.1) is 0 Å². The van der Waals surface area contributed by atoms with Crippen LogP contribution in [-0.4, -0.2) is 39.1 Å². The number of para-hydroxylation sites is 1. The fourth-order valence-corrected chi connectivity index (χ4v) is 4.61. The number of fused-ring (bicyclic) bond motifs is 3. The molecule has 0 N–H and O–H groups in total. The van der Waals surface area contributed by atoms with Gasteiger partial charge in [0.2, 0.25) is 5.88 Å². The summed E-state index contributed by atoms with van der Waals surface area (Å²) in [5, 5.41) is 9.21. The number of hydrogen-bond donors (Lipinski definition) is 0. The molecule has 0 radical (unpaired) electrons. The number of rotatable bonds is 4. The number of benzene rings is 1. The lowest BCUT2D eigenvalue weighted by Crippen LogP contribution is -2.25. The third kappa shape index (κ3) is 3.65. The Kier molecular flexibility index (Phi) is 5.02. The molecule has 1 fully saturated rings. The number of hydrogen-bond acceptors (Lipinski definition) is 5. The summed E-state index contributed by atoms with van der Waals surface area (Å²) in [6.07, 6.45) is 7.93. The Balaban J connectivity index is 1.37. The molecule has 1 unspecified atom stereocenters. The molecule has 150 valence electrons. The van der Waals surface area contributed by atoms with Crippen molar-refractivity contribution in [3.05, 3.63) is 65.9 Å². The van der Waals surface area contributed by atoms with E-state index >= 15 is 0 Å². The summed E-state index contributed by atoms with van der Waals surface area (Å²) in [6.45, 7) is 0. The molecule has 1 aromatic carbocycles. The fourth-order valence-electron chi connectivity index (χ4n) is 4.61. The van der Waals surface area contributed by atoms with E-state index in [2.05, 4.69) is 44.0 Å². The summed E-state index contributed by atoms with van der Waals surface area (Å²) in [6, 6.07) is 14.4. The van der Waals surface area contributed by atoms with Crippen LogP contribution < -0.4 is 4.74 Å². The van der Waals surface area contributed by atoms with Crippen LogP contribution in [0.1, 0.15) is 48.8 Å². The van der Waals surface area contributed by atoms with Crippen molar-refractivity contribution in [3.63, 3.8) is 0 Å². The van der Waals surface area contributed by atoms with Gasteiger partial charge in [-0.3, -0.25) is 4.57 Å². The standard InChI is InChI=1S/C23H26N4O2/c1-28-19-14-17-6-2-3-7-20(17)27-21(15-19)25-26-23(27)16-9-11-18(12-10-16)29-22-8-4-5-13-24-22/h2-8,13,16,18-19H,9-12,14-15H2,1H3/t16-,18-,19?. The number of aromatic nitrogens is 4. The first-order valence-electron chi connectivity index (χ1n) is 10.4. The highest BCUT2D eigenvalue weighted by Gasteiger charge is 2.31. The molecule has 2 aliphatic rings. The molecule has 6 heteroatoms. The lowest BCUT2D eigenvalue weighted by atomic mass is 9.86. The van der Waals surface area contributed by atoms with E-state index in [0.29, 0.717) is 11.8 Å². The van der Waals surface area contributed by atoms with Gasteiger partial charge < -0.3 is 9.47 Å². The minimum Gasteiger partial charge on any atom is -0.474 e. The predicted molar refractivity (Wildman–Crippen MR) is 109 cm³/mol. The zero-order valence-corrected chi connectivity index (χ0v) is 16.7. The van der Waals surface area contributed by atoms with Crippen molar-refractivity contribution in [3.8, 4) is 11.6 Å². The first-order chi connectivity index (χ1) is 14.3. The molecular formula is C23H26N4O2. The Bertz CT molecular complexity index is 964. The highest BCUT2D eigenvalue weighted by molar-refractivity contribution is 5.45. The van der Waals surface area contributed by atoms with Crippen LogP contribution in [0.5, 0.6) is 5.88 Å². The molecule has 1 atom stereocenters. The van der Waals surface area contributed by atoms with Crippen LogP contribution >= 0.6 is 0 Å². The Labute approximate surface area is 170 Å². The number of methoxy groups -OCH3 is 1. The zero-order chi connectivity index (χ0) is 19.6. The monoisotopic (exact) mass is 390 g/mol. The van der Waals surface area contributed by atoms with Crippen LogP contribution in [0.15, 0.2) is 48.7 Å². The van der Waals surface area contributed by atoms with Crippen molar-refractivity contribution in [1.82, 2.24) is 19.7 Å². The summed E-state index contributed by atoms with van der Waals surface area (Å²) in [4.78, 5) is 4.29. The Morgan fingerprint density at radius 3 is 2.52 bits per heavy atom. The van der Waals surface area contributed by atoms with Crippen molar-refractivity contribution >= 4 is 0 Å². The molecule has 0 bridgehead atoms. The van der Waals surface area contributed by atoms with E-state index in [0.717, 1.165) is 50.2 Å². The quantitative estimate of drug-likeness (QED) is 0.676. The van der Waals surface area contributed by atoms with E-state index < -0.39 is 0 Å². The summed E-state index contributed by atoms with van der Waals surface area (Å²) < 4.78 is 14.1. The number of ether oxygens (including phenoxy) is 2. The van der Waals surface area contributed by atoms with Gasteiger partial charge in [-0.15, -0.1) is 10.2 Å². The summed E-state index contributed by atoms with van der Waals surface area (Å²) in [5.74, 6) is 3.20. The van der Waals surface area contributed by atoms with E-state index in [1.165, 1.54) is 11.3 Å². The summed E-state index contributed by atoms with van der Waals surface area (Å²) in [5.41, 5.74) is 2.50. The summed E-state index contributed by atoms with van der Waals surface area (Å²) in [7, 11) is 1.78. The maximum Gasteiger partial charge on any atom is 0.213 e. The lowest BCUT2D eigenvalue weighted by Gasteiger charge is -2.28. The molecule has 1 aliphatic carbocycles. The molecule has 5 rings (SSSR count). The molecular weight excluding hydrogens is 364 g/mol.